The molecular formula is C22H29NO4S. The van der Waals surface area contributed by atoms with Gasteiger partial charge in [0.1, 0.15) is 12.6 Å². The number of aryl methyl sites for hydroxylation is 1. The number of rotatable bonds is 12. The zero-order valence-electron chi connectivity index (χ0n) is 16.7. The third-order valence-electron chi connectivity index (χ3n) is 4.41. The molecule has 0 aliphatic carbocycles. The highest BCUT2D eigenvalue weighted by Crippen LogP contribution is 2.29. The summed E-state index contributed by atoms with van der Waals surface area (Å²) in [6, 6.07) is 13.3. The van der Waals surface area contributed by atoms with Crippen LogP contribution in [-0.2, 0) is 17.9 Å². The molecule has 0 amide bonds. The summed E-state index contributed by atoms with van der Waals surface area (Å²) in [6.45, 7) is 5.46. The molecule has 6 heteroatoms. The van der Waals surface area contributed by atoms with Crippen LogP contribution >= 0.6 is 11.8 Å². The maximum atomic E-state index is 11.4. The van der Waals surface area contributed by atoms with Gasteiger partial charge in [-0.05, 0) is 61.1 Å². The van der Waals surface area contributed by atoms with Gasteiger partial charge in [-0.25, -0.2) is 0 Å². The lowest BCUT2D eigenvalue weighted by Gasteiger charge is -2.16. The minimum Gasteiger partial charge on any atom is -0.490 e. The number of carbonyl (C=O) groups is 1. The fraction of sp³-hybridized carbons (Fsp3) is 0.409. The van der Waals surface area contributed by atoms with E-state index in [1.54, 1.807) is 11.8 Å². The fourth-order valence-corrected chi connectivity index (χ4v) is 3.24. The number of carboxylic acid groups (broad SMARTS) is 1. The van der Waals surface area contributed by atoms with E-state index < -0.39 is 12.0 Å². The van der Waals surface area contributed by atoms with Crippen LogP contribution in [0.4, 0.5) is 0 Å². The van der Waals surface area contributed by atoms with Crippen molar-refractivity contribution in [3.05, 3.63) is 59.2 Å². The Morgan fingerprint density at radius 1 is 1.18 bits per heavy atom. The van der Waals surface area contributed by atoms with Crippen LogP contribution in [0.2, 0.25) is 0 Å². The first kappa shape index (κ1) is 22.1. The summed E-state index contributed by atoms with van der Waals surface area (Å²) in [5, 5.41) is 12.5. The SMILES string of the molecule is CCOc1cc(CNC(CCSC)C(=O)O)ccc1OCc1ccccc1C. The molecule has 0 aromatic heterocycles. The quantitative estimate of drug-likeness (QED) is 0.552. The van der Waals surface area contributed by atoms with Crippen molar-refractivity contribution in [1.29, 1.82) is 0 Å². The summed E-state index contributed by atoms with van der Waals surface area (Å²) in [6.07, 6.45) is 2.56. The Morgan fingerprint density at radius 2 is 1.96 bits per heavy atom. The molecule has 0 bridgehead atoms. The van der Waals surface area contributed by atoms with Gasteiger partial charge in [0, 0.05) is 6.54 Å². The number of thioether (sulfide) groups is 1. The summed E-state index contributed by atoms with van der Waals surface area (Å²) in [7, 11) is 0. The number of aliphatic carboxylic acids is 1. The van der Waals surface area contributed by atoms with E-state index in [1.807, 2.05) is 43.5 Å². The van der Waals surface area contributed by atoms with Gasteiger partial charge in [0.15, 0.2) is 11.5 Å². The van der Waals surface area contributed by atoms with E-state index in [0.29, 0.717) is 37.7 Å². The summed E-state index contributed by atoms with van der Waals surface area (Å²) in [4.78, 5) is 11.4. The van der Waals surface area contributed by atoms with Crippen molar-refractivity contribution in [2.45, 2.75) is 39.5 Å². The molecule has 0 aliphatic rings. The van der Waals surface area contributed by atoms with Crippen LogP contribution in [0.15, 0.2) is 42.5 Å². The number of carboxylic acids is 1. The zero-order chi connectivity index (χ0) is 20.4. The highest BCUT2D eigenvalue weighted by Gasteiger charge is 2.16. The Morgan fingerprint density at radius 3 is 2.64 bits per heavy atom. The molecule has 2 N–H and O–H groups in total. The molecule has 0 spiro atoms. The van der Waals surface area contributed by atoms with Gasteiger partial charge < -0.3 is 19.9 Å². The van der Waals surface area contributed by atoms with E-state index in [0.717, 1.165) is 16.9 Å². The minimum absolute atomic E-state index is 0.462. The molecule has 0 fully saturated rings. The first-order chi connectivity index (χ1) is 13.5. The molecule has 2 aromatic carbocycles. The number of benzene rings is 2. The summed E-state index contributed by atoms with van der Waals surface area (Å²) >= 11 is 1.64. The van der Waals surface area contributed by atoms with Gasteiger partial charge in [-0.3, -0.25) is 4.79 Å². The Balaban J connectivity index is 2.04. The summed E-state index contributed by atoms with van der Waals surface area (Å²) in [5.74, 6) is 1.34. The largest absolute Gasteiger partial charge is 0.490 e. The molecule has 0 heterocycles. The molecule has 1 unspecified atom stereocenters. The number of hydrogen-bond donors (Lipinski definition) is 2. The fourth-order valence-electron chi connectivity index (χ4n) is 2.77. The Kier molecular flexibility index (Phi) is 9.17. The van der Waals surface area contributed by atoms with Crippen LogP contribution in [0.3, 0.4) is 0 Å². The van der Waals surface area contributed by atoms with Gasteiger partial charge in [-0.1, -0.05) is 30.3 Å². The molecular weight excluding hydrogens is 374 g/mol. The van der Waals surface area contributed by atoms with Crippen LogP contribution in [0.5, 0.6) is 11.5 Å². The average molecular weight is 404 g/mol. The van der Waals surface area contributed by atoms with Gasteiger partial charge in [0.25, 0.3) is 0 Å². The molecule has 28 heavy (non-hydrogen) atoms. The van der Waals surface area contributed by atoms with Gasteiger partial charge in [-0.2, -0.15) is 11.8 Å². The molecule has 0 aliphatic heterocycles. The van der Waals surface area contributed by atoms with Crippen molar-refractivity contribution >= 4 is 17.7 Å². The molecule has 2 aromatic rings. The normalized spacial score (nSPS) is 11.8. The van der Waals surface area contributed by atoms with Crippen LogP contribution < -0.4 is 14.8 Å². The van der Waals surface area contributed by atoms with E-state index in [-0.39, 0.29) is 0 Å². The smallest absolute Gasteiger partial charge is 0.320 e. The Bertz CT molecular complexity index is 766. The monoisotopic (exact) mass is 403 g/mol. The van der Waals surface area contributed by atoms with E-state index in [9.17, 15) is 9.90 Å². The first-order valence-corrected chi connectivity index (χ1v) is 10.8. The topological polar surface area (TPSA) is 67.8 Å². The van der Waals surface area contributed by atoms with E-state index >= 15 is 0 Å². The summed E-state index contributed by atoms with van der Waals surface area (Å²) in [5.41, 5.74) is 3.28. The highest BCUT2D eigenvalue weighted by atomic mass is 32.2. The molecule has 152 valence electrons. The van der Waals surface area contributed by atoms with Crippen molar-refractivity contribution in [1.82, 2.24) is 5.32 Å². The molecule has 1 atom stereocenters. The second-order valence-electron chi connectivity index (χ2n) is 6.48. The third kappa shape index (κ3) is 6.77. The van der Waals surface area contributed by atoms with Crippen molar-refractivity contribution in [3.8, 4) is 11.5 Å². The van der Waals surface area contributed by atoms with E-state index in [4.69, 9.17) is 9.47 Å². The van der Waals surface area contributed by atoms with Crippen molar-refractivity contribution in [2.24, 2.45) is 0 Å². The molecule has 0 saturated heterocycles. The van der Waals surface area contributed by atoms with Crippen LogP contribution in [0.25, 0.3) is 0 Å². The molecule has 5 nitrogen and oxygen atoms in total. The lowest BCUT2D eigenvalue weighted by molar-refractivity contribution is -0.139. The van der Waals surface area contributed by atoms with Gasteiger partial charge in [-0.15, -0.1) is 0 Å². The van der Waals surface area contributed by atoms with Gasteiger partial charge >= 0.3 is 5.97 Å². The van der Waals surface area contributed by atoms with Crippen molar-refractivity contribution in [3.63, 3.8) is 0 Å². The van der Waals surface area contributed by atoms with E-state index in [1.165, 1.54) is 5.56 Å². The maximum Gasteiger partial charge on any atom is 0.320 e. The third-order valence-corrected chi connectivity index (χ3v) is 5.06. The van der Waals surface area contributed by atoms with Crippen molar-refractivity contribution in [2.75, 3.05) is 18.6 Å². The average Bonchev–Trinajstić information content (AvgIpc) is 2.68. The number of nitrogens with one attached hydrogen (secondary N) is 1. The van der Waals surface area contributed by atoms with Gasteiger partial charge in [0.2, 0.25) is 0 Å². The van der Waals surface area contributed by atoms with E-state index in [2.05, 4.69) is 24.4 Å². The lowest BCUT2D eigenvalue weighted by atomic mass is 10.1. The second-order valence-corrected chi connectivity index (χ2v) is 7.47. The minimum atomic E-state index is -0.822. The van der Waals surface area contributed by atoms with Crippen LogP contribution in [0, 0.1) is 6.92 Å². The Labute approximate surface area is 171 Å². The van der Waals surface area contributed by atoms with Crippen molar-refractivity contribution < 1.29 is 19.4 Å². The molecule has 0 saturated carbocycles. The number of hydrogen-bond acceptors (Lipinski definition) is 5. The predicted octanol–water partition coefficient (Wildman–Crippen LogP) is 4.27. The van der Waals surface area contributed by atoms with Crippen LogP contribution in [0.1, 0.15) is 30.0 Å². The maximum absolute atomic E-state index is 11.4. The standard InChI is InChI=1S/C22H29NO4S/c1-4-26-21-13-17(14-23-19(22(24)25)11-12-28-3)9-10-20(21)27-15-18-8-6-5-7-16(18)2/h5-10,13,19,23H,4,11-12,14-15H2,1-3H3,(H,24,25). The highest BCUT2D eigenvalue weighted by molar-refractivity contribution is 7.98. The molecule has 0 radical (unpaired) electrons. The second kappa shape index (κ2) is 11.6. The number of ether oxygens (including phenoxy) is 2. The zero-order valence-corrected chi connectivity index (χ0v) is 17.6. The first-order valence-electron chi connectivity index (χ1n) is 9.43. The molecule has 2 rings (SSSR count). The Hall–Kier alpha value is -2.18. The van der Waals surface area contributed by atoms with Crippen LogP contribution in [-0.4, -0.2) is 35.7 Å². The summed E-state index contributed by atoms with van der Waals surface area (Å²) < 4.78 is 11.7. The van der Waals surface area contributed by atoms with Gasteiger partial charge in [0.05, 0.1) is 6.61 Å². The lowest BCUT2D eigenvalue weighted by Crippen LogP contribution is -2.36. The predicted molar refractivity (Wildman–Crippen MR) is 114 cm³/mol.